The minimum Gasteiger partial charge on any atom is -0.471 e. The van der Waals surface area contributed by atoms with Gasteiger partial charge in [-0.25, -0.2) is 4.98 Å². The van der Waals surface area contributed by atoms with Gasteiger partial charge in [0.25, 0.3) is 0 Å². The van der Waals surface area contributed by atoms with Gasteiger partial charge in [0, 0.05) is 18.2 Å². The molecule has 104 valence electrons. The SMILES string of the molecule is CCC(CC)C(=O)N1CC(Oc2ccc(Cl)cn2)C1. The summed E-state index contributed by atoms with van der Waals surface area (Å²) in [7, 11) is 0. The number of likely N-dealkylation sites (tertiary alicyclic amines) is 1. The first-order chi connectivity index (χ1) is 9.13. The van der Waals surface area contributed by atoms with E-state index in [4.69, 9.17) is 16.3 Å². The Morgan fingerprint density at radius 2 is 2.16 bits per heavy atom. The van der Waals surface area contributed by atoms with Gasteiger partial charge in [-0.05, 0) is 18.9 Å². The summed E-state index contributed by atoms with van der Waals surface area (Å²) in [6.45, 7) is 5.41. The molecule has 0 aliphatic carbocycles. The van der Waals surface area contributed by atoms with Crippen LogP contribution < -0.4 is 4.74 Å². The van der Waals surface area contributed by atoms with Crippen LogP contribution in [0.3, 0.4) is 0 Å². The predicted octanol–water partition coefficient (Wildman–Crippen LogP) is 2.76. The lowest BCUT2D eigenvalue weighted by molar-refractivity contribution is -0.144. The van der Waals surface area contributed by atoms with Crippen LogP contribution in [0.4, 0.5) is 0 Å². The minimum atomic E-state index is 0.0481. The molecule has 0 saturated carbocycles. The van der Waals surface area contributed by atoms with E-state index in [1.165, 1.54) is 0 Å². The van der Waals surface area contributed by atoms with E-state index in [0.29, 0.717) is 24.0 Å². The van der Waals surface area contributed by atoms with Gasteiger partial charge in [0.15, 0.2) is 0 Å². The molecule has 1 amide bonds. The number of halogens is 1. The number of carbonyl (C=O) groups is 1. The summed E-state index contributed by atoms with van der Waals surface area (Å²) in [6, 6.07) is 3.49. The molecular formula is C14H19ClN2O2. The van der Waals surface area contributed by atoms with Crippen LogP contribution in [0.2, 0.25) is 5.02 Å². The van der Waals surface area contributed by atoms with E-state index in [1.807, 2.05) is 4.90 Å². The van der Waals surface area contributed by atoms with Crippen molar-refractivity contribution in [2.45, 2.75) is 32.8 Å². The van der Waals surface area contributed by atoms with Crippen molar-refractivity contribution in [2.75, 3.05) is 13.1 Å². The molecule has 0 radical (unpaired) electrons. The van der Waals surface area contributed by atoms with Crippen LogP contribution in [0.25, 0.3) is 0 Å². The number of carbonyl (C=O) groups excluding carboxylic acids is 1. The Morgan fingerprint density at radius 3 is 2.68 bits per heavy atom. The molecule has 1 fully saturated rings. The Kier molecular flexibility index (Phi) is 4.64. The Morgan fingerprint density at radius 1 is 1.47 bits per heavy atom. The zero-order valence-corrected chi connectivity index (χ0v) is 12.1. The summed E-state index contributed by atoms with van der Waals surface area (Å²) in [5.41, 5.74) is 0. The van der Waals surface area contributed by atoms with Crippen molar-refractivity contribution in [3.63, 3.8) is 0 Å². The molecule has 0 bridgehead atoms. The van der Waals surface area contributed by atoms with E-state index in [9.17, 15) is 4.79 Å². The molecule has 1 aliphatic rings. The molecule has 2 heterocycles. The van der Waals surface area contributed by atoms with Crippen molar-refractivity contribution in [1.29, 1.82) is 0 Å². The van der Waals surface area contributed by atoms with Gasteiger partial charge < -0.3 is 9.64 Å². The molecule has 1 aromatic rings. The van der Waals surface area contributed by atoms with Gasteiger partial charge in [-0.3, -0.25) is 4.79 Å². The molecule has 2 rings (SSSR count). The molecule has 0 atom stereocenters. The smallest absolute Gasteiger partial charge is 0.225 e. The fourth-order valence-corrected chi connectivity index (χ4v) is 2.30. The third kappa shape index (κ3) is 3.38. The summed E-state index contributed by atoms with van der Waals surface area (Å²) in [5, 5.41) is 0.589. The van der Waals surface area contributed by atoms with E-state index in [0.717, 1.165) is 12.8 Å². The molecule has 0 spiro atoms. The first-order valence-electron chi connectivity index (χ1n) is 6.71. The van der Waals surface area contributed by atoms with Gasteiger partial charge in [0.05, 0.1) is 18.1 Å². The quantitative estimate of drug-likeness (QED) is 0.834. The van der Waals surface area contributed by atoms with Crippen molar-refractivity contribution in [3.8, 4) is 5.88 Å². The molecule has 1 saturated heterocycles. The number of hydrogen-bond donors (Lipinski definition) is 0. The van der Waals surface area contributed by atoms with E-state index < -0.39 is 0 Å². The second-order valence-corrected chi connectivity index (χ2v) is 5.25. The van der Waals surface area contributed by atoms with E-state index in [1.54, 1.807) is 18.3 Å². The molecule has 1 aliphatic heterocycles. The summed E-state index contributed by atoms with van der Waals surface area (Å²) in [4.78, 5) is 18.0. The lowest BCUT2D eigenvalue weighted by Crippen LogP contribution is -2.57. The third-order valence-corrected chi connectivity index (χ3v) is 3.71. The van der Waals surface area contributed by atoms with Crippen LogP contribution in [-0.2, 0) is 4.79 Å². The molecule has 5 heteroatoms. The van der Waals surface area contributed by atoms with E-state index in [-0.39, 0.29) is 17.9 Å². The molecule has 19 heavy (non-hydrogen) atoms. The zero-order valence-electron chi connectivity index (χ0n) is 11.3. The number of ether oxygens (including phenoxy) is 1. The average molecular weight is 283 g/mol. The van der Waals surface area contributed by atoms with Crippen LogP contribution in [0, 0.1) is 5.92 Å². The largest absolute Gasteiger partial charge is 0.471 e. The van der Waals surface area contributed by atoms with Gasteiger partial charge in [-0.1, -0.05) is 25.4 Å². The number of amides is 1. The summed E-state index contributed by atoms with van der Waals surface area (Å²) in [5.74, 6) is 0.951. The number of pyridine rings is 1. The van der Waals surface area contributed by atoms with Gasteiger partial charge in [-0.2, -0.15) is 0 Å². The molecule has 0 aromatic carbocycles. The molecular weight excluding hydrogens is 264 g/mol. The minimum absolute atomic E-state index is 0.0481. The van der Waals surface area contributed by atoms with E-state index in [2.05, 4.69) is 18.8 Å². The number of nitrogens with zero attached hydrogens (tertiary/aromatic N) is 2. The van der Waals surface area contributed by atoms with Gasteiger partial charge in [0.2, 0.25) is 11.8 Å². The fourth-order valence-electron chi connectivity index (χ4n) is 2.19. The van der Waals surface area contributed by atoms with Crippen LogP contribution in [-0.4, -0.2) is 35.0 Å². The van der Waals surface area contributed by atoms with E-state index >= 15 is 0 Å². The number of aromatic nitrogens is 1. The maximum absolute atomic E-state index is 12.1. The van der Waals surface area contributed by atoms with Crippen molar-refractivity contribution in [1.82, 2.24) is 9.88 Å². The van der Waals surface area contributed by atoms with Crippen LogP contribution in [0.5, 0.6) is 5.88 Å². The maximum atomic E-state index is 12.1. The molecule has 0 N–H and O–H groups in total. The molecule has 1 aromatic heterocycles. The Hall–Kier alpha value is -1.29. The maximum Gasteiger partial charge on any atom is 0.225 e. The first-order valence-corrected chi connectivity index (χ1v) is 7.08. The van der Waals surface area contributed by atoms with Crippen molar-refractivity contribution >= 4 is 17.5 Å². The first kappa shape index (κ1) is 14.1. The summed E-state index contributed by atoms with van der Waals surface area (Å²) < 4.78 is 5.67. The third-order valence-electron chi connectivity index (χ3n) is 3.48. The topological polar surface area (TPSA) is 42.4 Å². The second kappa shape index (κ2) is 6.24. The van der Waals surface area contributed by atoms with Gasteiger partial charge in [-0.15, -0.1) is 0 Å². The van der Waals surface area contributed by atoms with Crippen molar-refractivity contribution in [2.24, 2.45) is 5.92 Å². The Bertz CT molecular complexity index is 426. The zero-order chi connectivity index (χ0) is 13.8. The normalized spacial score (nSPS) is 15.5. The highest BCUT2D eigenvalue weighted by Gasteiger charge is 2.34. The lowest BCUT2D eigenvalue weighted by Gasteiger charge is -2.40. The monoisotopic (exact) mass is 282 g/mol. The molecule has 0 unspecified atom stereocenters. The van der Waals surface area contributed by atoms with Crippen molar-refractivity contribution < 1.29 is 9.53 Å². The Balaban J connectivity index is 1.80. The highest BCUT2D eigenvalue weighted by molar-refractivity contribution is 6.30. The number of hydrogen-bond acceptors (Lipinski definition) is 3. The van der Waals surface area contributed by atoms with Crippen LogP contribution in [0.15, 0.2) is 18.3 Å². The van der Waals surface area contributed by atoms with Gasteiger partial charge >= 0.3 is 0 Å². The highest BCUT2D eigenvalue weighted by Crippen LogP contribution is 2.21. The van der Waals surface area contributed by atoms with Crippen LogP contribution in [0.1, 0.15) is 26.7 Å². The van der Waals surface area contributed by atoms with Crippen molar-refractivity contribution in [3.05, 3.63) is 23.4 Å². The standard InChI is InChI=1S/C14H19ClN2O2/c1-3-10(4-2)14(18)17-8-12(9-17)19-13-6-5-11(15)7-16-13/h5-7,10,12H,3-4,8-9H2,1-2H3. The predicted molar refractivity (Wildman–Crippen MR) is 74.3 cm³/mol. The Labute approximate surface area is 118 Å². The molecule has 4 nitrogen and oxygen atoms in total. The second-order valence-electron chi connectivity index (χ2n) is 4.81. The fraction of sp³-hybridized carbons (Fsp3) is 0.571. The average Bonchev–Trinajstić information content (AvgIpc) is 2.36. The van der Waals surface area contributed by atoms with Crippen LogP contribution >= 0.6 is 11.6 Å². The number of rotatable bonds is 5. The lowest BCUT2D eigenvalue weighted by atomic mass is 9.99. The summed E-state index contributed by atoms with van der Waals surface area (Å²) in [6.07, 6.45) is 3.40. The highest BCUT2D eigenvalue weighted by atomic mass is 35.5. The van der Waals surface area contributed by atoms with Gasteiger partial charge in [0.1, 0.15) is 6.10 Å². The summed E-state index contributed by atoms with van der Waals surface area (Å²) >= 11 is 5.76.